The number of carbonyl (C=O) groups excluding carboxylic acids is 2. The molecule has 0 spiro atoms. The highest BCUT2D eigenvalue weighted by atomic mass is 16.5. The van der Waals surface area contributed by atoms with Crippen LogP contribution in [-0.4, -0.2) is 46.9 Å². The van der Waals surface area contributed by atoms with Crippen LogP contribution in [0.2, 0.25) is 0 Å². The van der Waals surface area contributed by atoms with Crippen LogP contribution in [0.15, 0.2) is 24.3 Å². The number of aliphatic hydroxyl groups excluding tert-OH is 2. The first-order valence-corrected chi connectivity index (χ1v) is 27.1. The van der Waals surface area contributed by atoms with Gasteiger partial charge in [0, 0.05) is 6.42 Å². The summed E-state index contributed by atoms with van der Waals surface area (Å²) in [4.78, 5) is 26.2. The van der Waals surface area contributed by atoms with Gasteiger partial charge in [-0.3, -0.25) is 9.59 Å². The van der Waals surface area contributed by atoms with Crippen LogP contribution in [0.4, 0.5) is 0 Å². The van der Waals surface area contributed by atoms with Gasteiger partial charge in [0.05, 0.1) is 25.2 Å². The van der Waals surface area contributed by atoms with Gasteiger partial charge >= 0.3 is 5.97 Å². The van der Waals surface area contributed by atoms with Crippen molar-refractivity contribution in [3.05, 3.63) is 24.3 Å². The molecule has 0 fully saturated rings. The standard InChI is InChI=1S/C55H105NO5/c1-4-7-10-13-16-19-22-25-28-31-34-37-40-43-46-51(61-55(60)48-45-42-39-36-33-30-27-24-21-18-15-12-9-6-3)49-54(59)56-52(50-57)53(58)47-44-41-38-35-32-29-26-23-20-17-14-11-8-5-2/h28,30-31,33,51-53,57-58H,4-27,29,32,34-50H2,1-3H3,(H,56,59)/b31-28+,33-30-. The Hall–Kier alpha value is -1.66. The maximum atomic E-state index is 13.2. The molecule has 0 saturated carbocycles. The molecular formula is C55H105NO5. The average Bonchev–Trinajstić information content (AvgIpc) is 3.25. The van der Waals surface area contributed by atoms with E-state index in [1.54, 1.807) is 0 Å². The molecule has 360 valence electrons. The summed E-state index contributed by atoms with van der Waals surface area (Å²) >= 11 is 0. The van der Waals surface area contributed by atoms with E-state index >= 15 is 0 Å². The van der Waals surface area contributed by atoms with Gasteiger partial charge in [-0.25, -0.2) is 0 Å². The lowest BCUT2D eigenvalue weighted by Gasteiger charge is -2.24. The van der Waals surface area contributed by atoms with Crippen molar-refractivity contribution in [2.24, 2.45) is 0 Å². The number of nitrogens with one attached hydrogen (secondary N) is 1. The number of ether oxygens (including phenoxy) is 1. The summed E-state index contributed by atoms with van der Waals surface area (Å²) in [6.45, 7) is 6.49. The van der Waals surface area contributed by atoms with Gasteiger partial charge < -0.3 is 20.3 Å². The normalized spacial score (nSPS) is 13.3. The van der Waals surface area contributed by atoms with E-state index < -0.39 is 18.2 Å². The first kappa shape index (κ1) is 59.3. The van der Waals surface area contributed by atoms with Crippen LogP contribution in [-0.2, 0) is 14.3 Å². The van der Waals surface area contributed by atoms with Crippen molar-refractivity contribution in [2.45, 2.75) is 309 Å². The summed E-state index contributed by atoms with van der Waals surface area (Å²) < 4.78 is 5.93. The van der Waals surface area contributed by atoms with Crippen LogP contribution in [0.25, 0.3) is 0 Å². The van der Waals surface area contributed by atoms with Crippen molar-refractivity contribution in [3.63, 3.8) is 0 Å². The monoisotopic (exact) mass is 860 g/mol. The van der Waals surface area contributed by atoms with Crippen LogP contribution in [0.5, 0.6) is 0 Å². The van der Waals surface area contributed by atoms with Crippen LogP contribution in [0, 0.1) is 0 Å². The van der Waals surface area contributed by atoms with Gasteiger partial charge in [-0.15, -0.1) is 0 Å². The van der Waals surface area contributed by atoms with Crippen molar-refractivity contribution in [1.82, 2.24) is 5.32 Å². The number of amides is 1. The minimum absolute atomic E-state index is 0.0652. The molecule has 0 aromatic heterocycles. The van der Waals surface area contributed by atoms with Gasteiger partial charge in [0.1, 0.15) is 6.10 Å². The number of carbonyl (C=O) groups is 2. The molecule has 0 saturated heterocycles. The van der Waals surface area contributed by atoms with E-state index in [4.69, 9.17) is 4.74 Å². The Morgan fingerprint density at radius 2 is 0.787 bits per heavy atom. The second kappa shape index (κ2) is 49.4. The van der Waals surface area contributed by atoms with Crippen molar-refractivity contribution < 1.29 is 24.5 Å². The van der Waals surface area contributed by atoms with Gasteiger partial charge in [0.25, 0.3) is 0 Å². The van der Waals surface area contributed by atoms with Crippen LogP contribution in [0.1, 0.15) is 290 Å². The lowest BCUT2D eigenvalue weighted by Crippen LogP contribution is -2.46. The minimum atomic E-state index is -0.790. The first-order valence-electron chi connectivity index (χ1n) is 27.1. The van der Waals surface area contributed by atoms with Crippen LogP contribution >= 0.6 is 0 Å². The largest absolute Gasteiger partial charge is 0.462 e. The maximum absolute atomic E-state index is 13.2. The molecule has 0 bridgehead atoms. The number of unbranched alkanes of at least 4 members (excludes halogenated alkanes) is 33. The first-order chi connectivity index (χ1) is 30.0. The Morgan fingerprint density at radius 1 is 0.459 bits per heavy atom. The van der Waals surface area contributed by atoms with Gasteiger partial charge in [0.2, 0.25) is 5.91 Å². The van der Waals surface area contributed by atoms with Gasteiger partial charge in [-0.05, 0) is 77.0 Å². The highest BCUT2D eigenvalue weighted by molar-refractivity contribution is 5.77. The fourth-order valence-electron chi connectivity index (χ4n) is 8.36. The smallest absolute Gasteiger partial charge is 0.306 e. The number of allylic oxidation sites excluding steroid dienone is 4. The van der Waals surface area contributed by atoms with E-state index in [0.29, 0.717) is 19.3 Å². The highest BCUT2D eigenvalue weighted by Crippen LogP contribution is 2.18. The molecule has 1 amide bonds. The molecule has 0 aliphatic heterocycles. The molecule has 3 N–H and O–H groups in total. The fraction of sp³-hybridized carbons (Fsp3) is 0.891. The molecule has 6 nitrogen and oxygen atoms in total. The molecule has 0 aromatic rings. The number of rotatable bonds is 49. The maximum Gasteiger partial charge on any atom is 0.306 e. The Kier molecular flexibility index (Phi) is 48.0. The Balaban J connectivity index is 4.58. The van der Waals surface area contributed by atoms with Crippen LogP contribution in [0.3, 0.4) is 0 Å². The third kappa shape index (κ3) is 44.7. The summed E-state index contributed by atoms with van der Waals surface area (Å²) in [6, 6.07) is -0.705. The molecule has 0 rings (SSSR count). The van der Waals surface area contributed by atoms with Crippen molar-refractivity contribution >= 4 is 11.9 Å². The van der Waals surface area contributed by atoms with E-state index in [2.05, 4.69) is 50.4 Å². The number of aliphatic hydroxyl groups is 2. The van der Waals surface area contributed by atoms with Crippen molar-refractivity contribution in [1.29, 1.82) is 0 Å². The Labute approximate surface area is 380 Å². The molecule has 0 radical (unpaired) electrons. The van der Waals surface area contributed by atoms with Crippen molar-refractivity contribution in [3.8, 4) is 0 Å². The second-order valence-electron chi connectivity index (χ2n) is 18.6. The Bertz CT molecular complexity index is 966. The zero-order valence-electron chi connectivity index (χ0n) is 41.1. The lowest BCUT2D eigenvalue weighted by molar-refractivity contribution is -0.151. The lowest BCUT2D eigenvalue weighted by atomic mass is 10.0. The molecular weight excluding hydrogens is 755 g/mol. The third-order valence-corrected chi connectivity index (χ3v) is 12.5. The highest BCUT2D eigenvalue weighted by Gasteiger charge is 2.24. The topological polar surface area (TPSA) is 95.9 Å². The van der Waals surface area contributed by atoms with E-state index in [1.807, 2.05) is 0 Å². The predicted molar refractivity (Wildman–Crippen MR) is 264 cm³/mol. The van der Waals surface area contributed by atoms with Crippen molar-refractivity contribution in [2.75, 3.05) is 6.61 Å². The molecule has 0 aromatic carbocycles. The summed E-state index contributed by atoms with van der Waals surface area (Å²) in [6.07, 6.45) is 56.7. The van der Waals surface area contributed by atoms with E-state index in [-0.39, 0.29) is 24.9 Å². The summed E-state index contributed by atoms with van der Waals surface area (Å²) in [5.41, 5.74) is 0. The zero-order valence-corrected chi connectivity index (χ0v) is 41.1. The van der Waals surface area contributed by atoms with Gasteiger partial charge in [0.15, 0.2) is 0 Å². The quantitative estimate of drug-likeness (QED) is 0.0322. The second-order valence-corrected chi connectivity index (χ2v) is 18.6. The van der Waals surface area contributed by atoms with Crippen LogP contribution < -0.4 is 5.32 Å². The summed E-state index contributed by atoms with van der Waals surface area (Å²) in [5, 5.41) is 23.8. The molecule has 3 atom stereocenters. The SMILES string of the molecule is CCCCCCCCC/C=C\CCCCCC(=O)OC(CCCCC/C=C/CCCCCCCCC)CC(=O)NC(CO)C(O)CCCCCCCCCCCCCCCC. The molecule has 6 heteroatoms. The number of hydrogen-bond acceptors (Lipinski definition) is 5. The average molecular weight is 860 g/mol. The Morgan fingerprint density at radius 3 is 1.18 bits per heavy atom. The molecule has 0 aliphatic carbocycles. The van der Waals surface area contributed by atoms with Gasteiger partial charge in [-0.2, -0.15) is 0 Å². The summed E-state index contributed by atoms with van der Waals surface area (Å²) in [7, 11) is 0. The van der Waals surface area contributed by atoms with E-state index in [1.165, 1.54) is 180 Å². The number of esters is 1. The molecule has 0 heterocycles. The zero-order chi connectivity index (χ0) is 44.5. The predicted octanol–water partition coefficient (Wildman–Crippen LogP) is 16.3. The third-order valence-electron chi connectivity index (χ3n) is 12.5. The molecule has 61 heavy (non-hydrogen) atoms. The minimum Gasteiger partial charge on any atom is -0.462 e. The van der Waals surface area contributed by atoms with E-state index in [9.17, 15) is 19.8 Å². The summed E-state index contributed by atoms with van der Waals surface area (Å²) in [5.74, 6) is -0.495. The van der Waals surface area contributed by atoms with E-state index in [0.717, 1.165) is 64.2 Å². The number of hydrogen-bond donors (Lipinski definition) is 3. The molecule has 0 aliphatic rings. The fourth-order valence-corrected chi connectivity index (χ4v) is 8.36. The van der Waals surface area contributed by atoms with Gasteiger partial charge in [-0.1, -0.05) is 225 Å². The molecule has 3 unspecified atom stereocenters.